The summed E-state index contributed by atoms with van der Waals surface area (Å²) in [6.45, 7) is 10.1. The van der Waals surface area contributed by atoms with Crippen molar-refractivity contribution in [1.29, 1.82) is 0 Å². The molecule has 0 bridgehead atoms. The van der Waals surface area contributed by atoms with E-state index in [1.165, 1.54) is 11.1 Å². The fourth-order valence-electron chi connectivity index (χ4n) is 1.75. The molecule has 0 aliphatic carbocycles. The summed E-state index contributed by atoms with van der Waals surface area (Å²) in [5.41, 5.74) is 2.71. The quantitative estimate of drug-likeness (QED) is 0.745. The van der Waals surface area contributed by atoms with Crippen LogP contribution in [-0.2, 0) is 4.74 Å². The van der Waals surface area contributed by atoms with Gasteiger partial charge in [0.05, 0.1) is 12.7 Å². The first kappa shape index (κ1) is 13.2. The van der Waals surface area contributed by atoms with E-state index in [-0.39, 0.29) is 0 Å². The van der Waals surface area contributed by atoms with Gasteiger partial charge in [-0.2, -0.15) is 0 Å². The van der Waals surface area contributed by atoms with E-state index < -0.39 is 0 Å². The molecule has 0 heterocycles. The summed E-state index contributed by atoms with van der Waals surface area (Å²) in [5.74, 6) is 0. The van der Waals surface area contributed by atoms with Crippen LogP contribution < -0.4 is 5.32 Å². The molecule has 1 N–H and O–H groups in total. The lowest BCUT2D eigenvalue weighted by atomic mass is 10.0. The molecule has 16 heavy (non-hydrogen) atoms. The molecule has 1 unspecified atom stereocenters. The monoisotopic (exact) mass is 221 g/mol. The summed E-state index contributed by atoms with van der Waals surface area (Å²) in [6.07, 6.45) is 0.315. The van der Waals surface area contributed by atoms with Gasteiger partial charge in [0.25, 0.3) is 0 Å². The molecule has 0 saturated heterocycles. The van der Waals surface area contributed by atoms with Gasteiger partial charge in [-0.05, 0) is 38.8 Å². The Morgan fingerprint density at radius 1 is 1.19 bits per heavy atom. The molecule has 0 saturated carbocycles. The van der Waals surface area contributed by atoms with Crippen molar-refractivity contribution < 1.29 is 4.74 Å². The molecule has 2 heteroatoms. The van der Waals surface area contributed by atoms with Crippen LogP contribution in [0.25, 0.3) is 0 Å². The van der Waals surface area contributed by atoms with Crippen molar-refractivity contribution in [2.24, 2.45) is 0 Å². The lowest BCUT2D eigenvalue weighted by Crippen LogP contribution is -2.24. The van der Waals surface area contributed by atoms with Gasteiger partial charge in [0.2, 0.25) is 0 Å². The van der Waals surface area contributed by atoms with Crippen molar-refractivity contribution in [3.05, 3.63) is 35.4 Å². The predicted octanol–water partition coefficient (Wildman–Crippen LogP) is 3.07. The van der Waals surface area contributed by atoms with E-state index >= 15 is 0 Å². The van der Waals surface area contributed by atoms with Crippen LogP contribution in [0.5, 0.6) is 0 Å². The van der Waals surface area contributed by atoms with E-state index in [1.807, 2.05) is 0 Å². The highest BCUT2D eigenvalue weighted by Crippen LogP contribution is 2.16. The number of nitrogens with one attached hydrogen (secondary N) is 1. The summed E-state index contributed by atoms with van der Waals surface area (Å²) in [6, 6.07) is 8.88. The van der Waals surface area contributed by atoms with Gasteiger partial charge in [-0.1, -0.05) is 24.3 Å². The van der Waals surface area contributed by atoms with Crippen molar-refractivity contribution >= 4 is 0 Å². The van der Waals surface area contributed by atoms with E-state index in [0.29, 0.717) is 12.1 Å². The van der Waals surface area contributed by atoms with Gasteiger partial charge in [-0.15, -0.1) is 0 Å². The summed E-state index contributed by atoms with van der Waals surface area (Å²) in [4.78, 5) is 0. The van der Waals surface area contributed by atoms with Crippen LogP contribution >= 0.6 is 0 Å². The van der Waals surface area contributed by atoms with Crippen LogP contribution in [0.3, 0.4) is 0 Å². The normalized spacial score (nSPS) is 13.1. The molecule has 1 rings (SSSR count). The fraction of sp³-hybridized carbons (Fsp3) is 0.571. The van der Waals surface area contributed by atoms with Gasteiger partial charge in [0.15, 0.2) is 0 Å². The minimum atomic E-state index is 0.315. The van der Waals surface area contributed by atoms with E-state index in [9.17, 15) is 0 Å². The van der Waals surface area contributed by atoms with Crippen molar-refractivity contribution in [3.63, 3.8) is 0 Å². The molecule has 0 aliphatic heterocycles. The summed E-state index contributed by atoms with van der Waals surface area (Å²) >= 11 is 0. The third-order valence-corrected chi connectivity index (χ3v) is 2.66. The largest absolute Gasteiger partial charge is 0.377 e. The molecule has 90 valence electrons. The maximum atomic E-state index is 5.50. The number of aryl methyl sites for hydroxylation is 1. The number of hydrogen-bond acceptors (Lipinski definition) is 2. The van der Waals surface area contributed by atoms with Gasteiger partial charge in [0, 0.05) is 12.6 Å². The molecular weight excluding hydrogens is 198 g/mol. The standard InChI is InChI=1S/C14H23NO/c1-11(2)16-10-9-15-13(4)14-8-6-5-7-12(14)3/h5-8,11,13,15H,9-10H2,1-4H3. The number of benzene rings is 1. The minimum Gasteiger partial charge on any atom is -0.377 e. The smallest absolute Gasteiger partial charge is 0.0594 e. The molecule has 0 radical (unpaired) electrons. The highest BCUT2D eigenvalue weighted by Gasteiger charge is 2.06. The van der Waals surface area contributed by atoms with Gasteiger partial charge >= 0.3 is 0 Å². The third kappa shape index (κ3) is 4.33. The van der Waals surface area contributed by atoms with Gasteiger partial charge < -0.3 is 10.1 Å². The highest BCUT2D eigenvalue weighted by molar-refractivity contribution is 5.28. The SMILES string of the molecule is Cc1ccccc1C(C)NCCOC(C)C. The number of rotatable bonds is 6. The van der Waals surface area contributed by atoms with Crippen molar-refractivity contribution in [1.82, 2.24) is 5.32 Å². The van der Waals surface area contributed by atoms with Gasteiger partial charge in [0.1, 0.15) is 0 Å². The molecule has 1 aromatic rings. The second-order valence-corrected chi connectivity index (χ2v) is 4.45. The first-order chi connectivity index (χ1) is 7.61. The number of hydrogen-bond donors (Lipinski definition) is 1. The first-order valence-corrected chi connectivity index (χ1v) is 6.01. The van der Waals surface area contributed by atoms with Crippen LogP contribution in [0.15, 0.2) is 24.3 Å². The van der Waals surface area contributed by atoms with Crippen LogP contribution in [0.1, 0.15) is 37.9 Å². The van der Waals surface area contributed by atoms with Crippen LogP contribution in [0.2, 0.25) is 0 Å². The molecule has 0 spiro atoms. The Kier molecular flexibility index (Phi) is 5.50. The lowest BCUT2D eigenvalue weighted by molar-refractivity contribution is 0.0796. The Balaban J connectivity index is 2.35. The summed E-state index contributed by atoms with van der Waals surface area (Å²) in [7, 11) is 0. The van der Waals surface area contributed by atoms with Crippen LogP contribution in [-0.4, -0.2) is 19.3 Å². The Bertz CT molecular complexity index is 309. The summed E-state index contributed by atoms with van der Waals surface area (Å²) in [5, 5.41) is 3.47. The maximum absolute atomic E-state index is 5.50. The first-order valence-electron chi connectivity index (χ1n) is 6.01. The Labute approximate surface area is 99.0 Å². The molecule has 2 nitrogen and oxygen atoms in total. The van der Waals surface area contributed by atoms with E-state index in [2.05, 4.69) is 57.3 Å². The molecule has 0 aliphatic rings. The Morgan fingerprint density at radius 2 is 1.88 bits per heavy atom. The van der Waals surface area contributed by atoms with E-state index in [1.54, 1.807) is 0 Å². The maximum Gasteiger partial charge on any atom is 0.0594 e. The van der Waals surface area contributed by atoms with Crippen molar-refractivity contribution in [2.45, 2.75) is 39.8 Å². The second-order valence-electron chi connectivity index (χ2n) is 4.45. The molecule has 1 aromatic carbocycles. The molecular formula is C14H23NO. The predicted molar refractivity (Wildman–Crippen MR) is 68.7 cm³/mol. The van der Waals surface area contributed by atoms with Crippen LogP contribution in [0, 0.1) is 6.92 Å². The van der Waals surface area contributed by atoms with Crippen molar-refractivity contribution in [3.8, 4) is 0 Å². The van der Waals surface area contributed by atoms with Gasteiger partial charge in [-0.3, -0.25) is 0 Å². The molecule has 1 atom stereocenters. The average Bonchev–Trinajstić information content (AvgIpc) is 2.24. The zero-order valence-electron chi connectivity index (χ0n) is 10.8. The van der Waals surface area contributed by atoms with Gasteiger partial charge in [-0.25, -0.2) is 0 Å². The fourth-order valence-corrected chi connectivity index (χ4v) is 1.75. The average molecular weight is 221 g/mol. The Morgan fingerprint density at radius 3 is 2.50 bits per heavy atom. The zero-order valence-corrected chi connectivity index (χ0v) is 10.8. The van der Waals surface area contributed by atoms with E-state index in [0.717, 1.165) is 13.2 Å². The minimum absolute atomic E-state index is 0.315. The van der Waals surface area contributed by atoms with E-state index in [4.69, 9.17) is 4.74 Å². The Hall–Kier alpha value is -0.860. The molecule has 0 aromatic heterocycles. The van der Waals surface area contributed by atoms with Crippen molar-refractivity contribution in [2.75, 3.05) is 13.2 Å². The molecule has 0 fully saturated rings. The zero-order chi connectivity index (χ0) is 12.0. The number of ether oxygens (including phenoxy) is 1. The summed E-state index contributed by atoms with van der Waals surface area (Å²) < 4.78 is 5.50. The second kappa shape index (κ2) is 6.66. The van der Waals surface area contributed by atoms with Crippen LogP contribution in [0.4, 0.5) is 0 Å². The molecule has 0 amide bonds. The third-order valence-electron chi connectivity index (χ3n) is 2.66. The lowest BCUT2D eigenvalue weighted by Gasteiger charge is -2.17. The topological polar surface area (TPSA) is 21.3 Å². The highest BCUT2D eigenvalue weighted by atomic mass is 16.5.